The van der Waals surface area contributed by atoms with Gasteiger partial charge in [-0.15, -0.1) is 0 Å². The average molecular weight is 393 g/mol. The molecule has 0 aromatic heterocycles. The molecule has 1 spiro atoms. The summed E-state index contributed by atoms with van der Waals surface area (Å²) in [5, 5.41) is 20.5. The Balaban J connectivity index is 1.35. The van der Waals surface area contributed by atoms with Crippen molar-refractivity contribution in [2.24, 2.45) is 5.41 Å². The van der Waals surface area contributed by atoms with Crippen LogP contribution < -0.4 is 4.90 Å². The second kappa shape index (κ2) is 7.12. The van der Waals surface area contributed by atoms with Crippen LogP contribution in [0.4, 0.5) is 5.69 Å². The number of benzene rings is 2. The van der Waals surface area contributed by atoms with Gasteiger partial charge in [0.05, 0.1) is 24.2 Å². The third-order valence-corrected chi connectivity index (χ3v) is 8.18. The minimum atomic E-state index is -0.399. The lowest BCUT2D eigenvalue weighted by atomic mass is 9.57. The van der Waals surface area contributed by atoms with Crippen LogP contribution >= 0.6 is 0 Å². The quantitative estimate of drug-likeness (QED) is 0.840. The van der Waals surface area contributed by atoms with Crippen molar-refractivity contribution in [2.75, 3.05) is 37.7 Å². The van der Waals surface area contributed by atoms with Crippen LogP contribution in [-0.4, -0.2) is 59.5 Å². The summed E-state index contributed by atoms with van der Waals surface area (Å²) in [5.74, 6) is 0. The van der Waals surface area contributed by atoms with Gasteiger partial charge in [-0.05, 0) is 61.4 Å². The Morgan fingerprint density at radius 1 is 0.931 bits per heavy atom. The highest BCUT2D eigenvalue weighted by Crippen LogP contribution is 2.55. The van der Waals surface area contributed by atoms with Crippen LogP contribution in [-0.2, 0) is 12.8 Å². The number of piperidine rings is 1. The Morgan fingerprint density at radius 3 is 2.31 bits per heavy atom. The van der Waals surface area contributed by atoms with E-state index in [2.05, 4.69) is 59.2 Å². The summed E-state index contributed by atoms with van der Waals surface area (Å²) in [6.07, 6.45) is 4.30. The molecule has 0 saturated carbocycles. The van der Waals surface area contributed by atoms with Gasteiger partial charge in [0, 0.05) is 31.4 Å². The molecule has 2 aromatic rings. The molecule has 3 aliphatic rings. The summed E-state index contributed by atoms with van der Waals surface area (Å²) >= 11 is 0. The lowest BCUT2D eigenvalue weighted by molar-refractivity contribution is -0.0944. The van der Waals surface area contributed by atoms with E-state index in [1.54, 1.807) is 5.56 Å². The molecule has 2 saturated heterocycles. The molecule has 2 aliphatic heterocycles. The number of rotatable bonds is 4. The fraction of sp³-hybridized carbons (Fsp3) is 0.520. The van der Waals surface area contributed by atoms with Gasteiger partial charge in [-0.2, -0.15) is 0 Å². The summed E-state index contributed by atoms with van der Waals surface area (Å²) in [5.41, 5.74) is 5.16. The highest BCUT2D eigenvalue weighted by molar-refractivity contribution is 5.55. The third-order valence-electron chi connectivity index (χ3n) is 8.18. The summed E-state index contributed by atoms with van der Waals surface area (Å²) in [6, 6.07) is 17.8. The molecule has 1 atom stereocenters. The van der Waals surface area contributed by atoms with E-state index in [9.17, 15) is 10.2 Å². The molecule has 4 heteroatoms. The van der Waals surface area contributed by atoms with Crippen LogP contribution in [0.1, 0.15) is 29.5 Å². The van der Waals surface area contributed by atoms with Crippen LogP contribution in [0.2, 0.25) is 0 Å². The van der Waals surface area contributed by atoms with E-state index in [0.717, 1.165) is 45.3 Å². The molecule has 0 radical (unpaired) electrons. The largest absolute Gasteiger partial charge is 0.396 e. The minimum Gasteiger partial charge on any atom is -0.396 e. The van der Waals surface area contributed by atoms with Crippen LogP contribution in [0.15, 0.2) is 48.5 Å². The normalized spacial score (nSPS) is 25.1. The van der Waals surface area contributed by atoms with Crippen molar-refractivity contribution in [2.45, 2.75) is 44.2 Å². The molecule has 0 amide bonds. The van der Waals surface area contributed by atoms with Crippen LogP contribution in [0.5, 0.6) is 0 Å². The Hall–Kier alpha value is -1.88. The number of fused-ring (bicyclic) bond motifs is 1. The van der Waals surface area contributed by atoms with Crippen molar-refractivity contribution in [1.29, 1.82) is 0 Å². The van der Waals surface area contributed by atoms with Gasteiger partial charge in [0.2, 0.25) is 0 Å². The molecule has 0 bridgehead atoms. The fourth-order valence-electron chi connectivity index (χ4n) is 6.31. The second-order valence-corrected chi connectivity index (χ2v) is 9.36. The van der Waals surface area contributed by atoms with Crippen molar-refractivity contribution in [3.8, 4) is 0 Å². The summed E-state index contributed by atoms with van der Waals surface area (Å²) < 4.78 is 0. The topological polar surface area (TPSA) is 46.9 Å². The van der Waals surface area contributed by atoms with Gasteiger partial charge in [0.15, 0.2) is 0 Å². The van der Waals surface area contributed by atoms with Crippen molar-refractivity contribution in [3.63, 3.8) is 0 Å². The number of aliphatic hydroxyl groups excluding tert-OH is 2. The molecular formula is C25H32N2O2. The molecule has 1 unspecified atom stereocenters. The van der Waals surface area contributed by atoms with Crippen molar-refractivity contribution in [3.05, 3.63) is 65.2 Å². The molecule has 1 aliphatic carbocycles. The van der Waals surface area contributed by atoms with Gasteiger partial charge in [-0.1, -0.05) is 36.4 Å². The zero-order valence-electron chi connectivity index (χ0n) is 17.3. The predicted octanol–water partition coefficient (Wildman–Crippen LogP) is 2.79. The maximum absolute atomic E-state index is 10.2. The van der Waals surface area contributed by atoms with Crippen molar-refractivity contribution in [1.82, 2.24) is 4.90 Å². The lowest BCUT2D eigenvalue weighted by Crippen LogP contribution is -2.79. The first-order chi connectivity index (χ1) is 14.1. The predicted molar refractivity (Wildman–Crippen MR) is 116 cm³/mol. The monoisotopic (exact) mass is 392 g/mol. The SMILES string of the molecule is Cc1cccc2c1CC(N1CCC3(CC1)N(c1ccccc1)CC3(CO)CO)C2. The van der Waals surface area contributed by atoms with Gasteiger partial charge in [0.1, 0.15) is 0 Å². The molecule has 154 valence electrons. The number of hydrogen-bond acceptors (Lipinski definition) is 4. The van der Waals surface area contributed by atoms with E-state index >= 15 is 0 Å². The number of hydrogen-bond donors (Lipinski definition) is 2. The molecule has 2 fully saturated rings. The van der Waals surface area contributed by atoms with Gasteiger partial charge in [-0.25, -0.2) is 0 Å². The zero-order chi connectivity index (χ0) is 20.1. The van der Waals surface area contributed by atoms with E-state index in [0.29, 0.717) is 6.04 Å². The van der Waals surface area contributed by atoms with E-state index in [1.807, 2.05) is 6.07 Å². The van der Waals surface area contributed by atoms with Crippen LogP contribution in [0.25, 0.3) is 0 Å². The highest BCUT2D eigenvalue weighted by Gasteiger charge is 2.64. The Morgan fingerprint density at radius 2 is 1.66 bits per heavy atom. The maximum atomic E-state index is 10.2. The maximum Gasteiger partial charge on any atom is 0.0573 e. The number of anilines is 1. The Kier molecular flexibility index (Phi) is 4.69. The smallest absolute Gasteiger partial charge is 0.0573 e. The van der Waals surface area contributed by atoms with E-state index in [1.165, 1.54) is 16.8 Å². The minimum absolute atomic E-state index is 0.0564. The number of aryl methyl sites for hydroxylation is 1. The fourth-order valence-corrected chi connectivity index (χ4v) is 6.31. The molecular weight excluding hydrogens is 360 g/mol. The Bertz CT molecular complexity index is 870. The summed E-state index contributed by atoms with van der Waals surface area (Å²) in [6.45, 7) is 5.14. The van der Waals surface area contributed by atoms with Gasteiger partial charge < -0.3 is 15.1 Å². The first-order valence-electron chi connectivity index (χ1n) is 11.0. The van der Waals surface area contributed by atoms with Crippen molar-refractivity contribution < 1.29 is 10.2 Å². The van der Waals surface area contributed by atoms with Crippen LogP contribution in [0.3, 0.4) is 0 Å². The average Bonchev–Trinajstić information content (AvgIpc) is 3.21. The standard InChI is InChI=1S/C25H32N2O2/c1-19-6-5-7-20-14-22(15-23(19)20)26-12-10-25(11-13-26)24(17-28,18-29)16-27(25)21-8-3-2-4-9-21/h2-9,22,28-29H,10-18H2,1H3. The molecule has 2 aromatic carbocycles. The molecule has 2 N–H and O–H groups in total. The number of aliphatic hydroxyl groups is 2. The van der Waals surface area contributed by atoms with E-state index < -0.39 is 5.41 Å². The van der Waals surface area contributed by atoms with E-state index in [-0.39, 0.29) is 18.8 Å². The zero-order valence-corrected chi connectivity index (χ0v) is 17.3. The molecule has 2 heterocycles. The number of para-hydroxylation sites is 1. The second-order valence-electron chi connectivity index (χ2n) is 9.36. The molecule has 29 heavy (non-hydrogen) atoms. The summed E-state index contributed by atoms with van der Waals surface area (Å²) in [4.78, 5) is 5.11. The number of nitrogens with zero attached hydrogens (tertiary/aromatic N) is 2. The molecule has 4 nitrogen and oxygen atoms in total. The van der Waals surface area contributed by atoms with Crippen molar-refractivity contribution >= 4 is 5.69 Å². The van der Waals surface area contributed by atoms with Gasteiger partial charge >= 0.3 is 0 Å². The van der Waals surface area contributed by atoms with E-state index in [4.69, 9.17) is 0 Å². The van der Waals surface area contributed by atoms with Crippen LogP contribution in [0, 0.1) is 12.3 Å². The van der Waals surface area contributed by atoms with Gasteiger partial charge in [0.25, 0.3) is 0 Å². The van der Waals surface area contributed by atoms with Gasteiger partial charge in [-0.3, -0.25) is 4.90 Å². The lowest BCUT2D eigenvalue weighted by Gasteiger charge is -2.69. The number of likely N-dealkylation sites (tertiary alicyclic amines) is 1. The first kappa shape index (κ1) is 19.1. The summed E-state index contributed by atoms with van der Waals surface area (Å²) in [7, 11) is 0. The first-order valence-corrected chi connectivity index (χ1v) is 11.0. The Labute approximate surface area is 173 Å². The third kappa shape index (κ3) is 2.77. The highest BCUT2D eigenvalue weighted by atomic mass is 16.3. The molecule has 5 rings (SSSR count).